The van der Waals surface area contributed by atoms with Crippen LogP contribution < -0.4 is 10.6 Å². The largest absolute Gasteiger partial charge is 0.490 e. The number of nitrogens with zero attached hydrogens (tertiary/aromatic N) is 2. The number of alkyl halides is 3. The Morgan fingerprint density at radius 3 is 2.04 bits per heavy atom. The lowest BCUT2D eigenvalue weighted by Gasteiger charge is -2.08. The minimum Gasteiger partial charge on any atom is -0.475 e. The molecule has 0 radical (unpaired) electrons. The van der Waals surface area contributed by atoms with Crippen LogP contribution in [0.2, 0.25) is 0 Å². The second-order valence-corrected chi connectivity index (χ2v) is 5.53. The maximum atomic E-state index is 11.6. The van der Waals surface area contributed by atoms with Crippen molar-refractivity contribution < 1.29 is 32.7 Å². The van der Waals surface area contributed by atoms with Crippen LogP contribution in [0.3, 0.4) is 0 Å². The zero-order chi connectivity index (χ0) is 21.5. The van der Waals surface area contributed by atoms with E-state index in [9.17, 15) is 22.8 Å². The number of nitrogens with one attached hydrogen (secondary N) is 2. The number of benzene rings is 1. The predicted molar refractivity (Wildman–Crippen MR) is 94.0 cm³/mol. The standard InChI is InChI=1S/C15H18N4O2.C2HF3O2/c1-10-11(2)19(9-17-10)13-6-4-12(5-7-13)18-15(21)8-14(20)16-3;3-2(4,5)1(6)7/h4-7,9H,8H2,1-3H3,(H,16,20)(H,18,21);(H,6,7). The summed E-state index contributed by atoms with van der Waals surface area (Å²) in [5.74, 6) is -3.40. The van der Waals surface area contributed by atoms with Gasteiger partial charge in [-0.05, 0) is 38.1 Å². The van der Waals surface area contributed by atoms with E-state index in [4.69, 9.17) is 9.90 Å². The van der Waals surface area contributed by atoms with E-state index in [-0.39, 0.29) is 18.2 Å². The molecule has 0 aliphatic heterocycles. The van der Waals surface area contributed by atoms with Crippen molar-refractivity contribution in [1.82, 2.24) is 14.9 Å². The molecule has 28 heavy (non-hydrogen) atoms. The third-order valence-electron chi connectivity index (χ3n) is 3.52. The van der Waals surface area contributed by atoms with Gasteiger partial charge in [0.05, 0.1) is 12.0 Å². The lowest BCUT2D eigenvalue weighted by molar-refractivity contribution is -0.192. The normalized spacial score (nSPS) is 10.5. The van der Waals surface area contributed by atoms with E-state index in [1.807, 2.05) is 30.5 Å². The Labute approximate surface area is 158 Å². The Bertz CT molecular complexity index is 845. The number of hydrogen-bond donors (Lipinski definition) is 3. The van der Waals surface area contributed by atoms with E-state index in [0.717, 1.165) is 17.1 Å². The molecule has 0 saturated heterocycles. The maximum Gasteiger partial charge on any atom is 0.490 e. The first-order valence-corrected chi connectivity index (χ1v) is 7.87. The average molecular weight is 400 g/mol. The number of hydrogen-bond acceptors (Lipinski definition) is 4. The van der Waals surface area contributed by atoms with Crippen LogP contribution in [0.5, 0.6) is 0 Å². The molecule has 2 rings (SSSR count). The molecule has 1 aromatic carbocycles. The highest BCUT2D eigenvalue weighted by Gasteiger charge is 2.38. The summed E-state index contributed by atoms with van der Waals surface area (Å²) in [6, 6.07) is 7.38. The van der Waals surface area contributed by atoms with E-state index in [2.05, 4.69) is 15.6 Å². The minimum atomic E-state index is -5.08. The molecule has 0 fully saturated rings. The predicted octanol–water partition coefficient (Wildman–Crippen LogP) is 2.20. The fourth-order valence-electron chi connectivity index (χ4n) is 1.90. The molecular formula is C17H19F3N4O4. The van der Waals surface area contributed by atoms with E-state index in [1.165, 1.54) is 7.05 Å². The van der Waals surface area contributed by atoms with Gasteiger partial charge in [-0.1, -0.05) is 0 Å². The zero-order valence-corrected chi connectivity index (χ0v) is 15.3. The molecule has 3 N–H and O–H groups in total. The summed E-state index contributed by atoms with van der Waals surface area (Å²) in [4.78, 5) is 35.9. The molecule has 1 aromatic heterocycles. The fraction of sp³-hybridized carbons (Fsp3) is 0.294. The van der Waals surface area contributed by atoms with Gasteiger partial charge >= 0.3 is 12.1 Å². The number of rotatable bonds is 4. The van der Waals surface area contributed by atoms with Gasteiger partial charge in [-0.25, -0.2) is 9.78 Å². The second kappa shape index (κ2) is 9.53. The number of carbonyl (C=O) groups excluding carboxylic acids is 2. The summed E-state index contributed by atoms with van der Waals surface area (Å²) in [7, 11) is 1.50. The van der Waals surface area contributed by atoms with Crippen molar-refractivity contribution in [3.05, 3.63) is 42.0 Å². The summed E-state index contributed by atoms with van der Waals surface area (Å²) in [5.41, 5.74) is 3.68. The highest BCUT2D eigenvalue weighted by atomic mass is 19.4. The van der Waals surface area contributed by atoms with Gasteiger partial charge < -0.3 is 20.3 Å². The number of aromatic nitrogens is 2. The molecule has 11 heteroatoms. The first-order valence-electron chi connectivity index (χ1n) is 7.87. The van der Waals surface area contributed by atoms with E-state index in [0.29, 0.717) is 5.69 Å². The van der Waals surface area contributed by atoms with Crippen LogP contribution in [-0.4, -0.2) is 45.7 Å². The molecule has 0 unspecified atom stereocenters. The van der Waals surface area contributed by atoms with Crippen molar-refractivity contribution >= 4 is 23.5 Å². The second-order valence-electron chi connectivity index (χ2n) is 5.53. The van der Waals surface area contributed by atoms with Crippen molar-refractivity contribution in [3.63, 3.8) is 0 Å². The molecule has 2 aromatic rings. The summed E-state index contributed by atoms with van der Waals surface area (Å²) in [6.07, 6.45) is -3.50. The molecule has 0 aliphatic carbocycles. The van der Waals surface area contributed by atoms with Gasteiger partial charge in [-0.3, -0.25) is 9.59 Å². The van der Waals surface area contributed by atoms with Crippen LogP contribution in [0.25, 0.3) is 5.69 Å². The summed E-state index contributed by atoms with van der Waals surface area (Å²) in [5, 5.41) is 12.2. The monoisotopic (exact) mass is 400 g/mol. The lowest BCUT2D eigenvalue weighted by Crippen LogP contribution is -2.24. The molecule has 152 valence electrons. The van der Waals surface area contributed by atoms with Crippen molar-refractivity contribution in [3.8, 4) is 5.69 Å². The molecular weight excluding hydrogens is 381 g/mol. The Hall–Kier alpha value is -3.37. The molecule has 0 bridgehead atoms. The third kappa shape index (κ3) is 6.74. The summed E-state index contributed by atoms with van der Waals surface area (Å²) < 4.78 is 33.7. The number of amides is 2. The van der Waals surface area contributed by atoms with E-state index < -0.39 is 12.1 Å². The van der Waals surface area contributed by atoms with Crippen molar-refractivity contribution in [2.75, 3.05) is 12.4 Å². The SMILES string of the molecule is CNC(=O)CC(=O)Nc1ccc(-n2cnc(C)c2C)cc1.O=C(O)C(F)(F)F. The number of carbonyl (C=O) groups is 3. The quantitative estimate of drug-likeness (QED) is 0.681. The number of carboxylic acids is 1. The van der Waals surface area contributed by atoms with Crippen molar-refractivity contribution in [2.24, 2.45) is 0 Å². The van der Waals surface area contributed by atoms with Crippen LogP contribution in [-0.2, 0) is 14.4 Å². The van der Waals surface area contributed by atoms with E-state index in [1.54, 1.807) is 18.5 Å². The molecule has 1 heterocycles. The Balaban J connectivity index is 0.000000480. The van der Waals surface area contributed by atoms with Gasteiger partial charge in [-0.2, -0.15) is 13.2 Å². The number of anilines is 1. The number of carboxylic acid groups (broad SMARTS) is 1. The summed E-state index contributed by atoms with van der Waals surface area (Å²) >= 11 is 0. The lowest BCUT2D eigenvalue weighted by atomic mass is 10.2. The molecule has 0 saturated carbocycles. The van der Waals surface area contributed by atoms with Gasteiger partial charge in [-0.15, -0.1) is 0 Å². The van der Waals surface area contributed by atoms with Crippen LogP contribution in [0.4, 0.5) is 18.9 Å². The highest BCUT2D eigenvalue weighted by molar-refractivity contribution is 6.03. The Kier molecular flexibility index (Phi) is 7.72. The smallest absolute Gasteiger partial charge is 0.475 e. The molecule has 2 amide bonds. The van der Waals surface area contributed by atoms with E-state index >= 15 is 0 Å². The first-order chi connectivity index (χ1) is 13.0. The third-order valence-corrected chi connectivity index (χ3v) is 3.52. The van der Waals surface area contributed by atoms with Gasteiger partial charge in [0.25, 0.3) is 0 Å². The van der Waals surface area contributed by atoms with Crippen LogP contribution in [0, 0.1) is 13.8 Å². The van der Waals surface area contributed by atoms with Crippen LogP contribution in [0.1, 0.15) is 17.8 Å². The maximum absolute atomic E-state index is 11.6. The van der Waals surface area contributed by atoms with Gasteiger partial charge in [0.1, 0.15) is 6.42 Å². The summed E-state index contributed by atoms with van der Waals surface area (Å²) in [6.45, 7) is 3.96. The highest BCUT2D eigenvalue weighted by Crippen LogP contribution is 2.17. The molecule has 0 atom stereocenters. The Morgan fingerprint density at radius 2 is 1.64 bits per heavy atom. The first kappa shape index (κ1) is 22.7. The number of halogens is 3. The zero-order valence-electron chi connectivity index (χ0n) is 15.3. The minimum absolute atomic E-state index is 0.182. The van der Waals surface area contributed by atoms with Crippen LogP contribution >= 0.6 is 0 Å². The van der Waals surface area contributed by atoms with Gasteiger partial charge in [0.15, 0.2) is 0 Å². The molecule has 0 aliphatic rings. The Morgan fingerprint density at radius 1 is 1.11 bits per heavy atom. The van der Waals surface area contributed by atoms with Crippen molar-refractivity contribution in [1.29, 1.82) is 0 Å². The number of imidazole rings is 1. The number of aryl methyl sites for hydroxylation is 1. The number of aliphatic carboxylic acids is 1. The topological polar surface area (TPSA) is 113 Å². The van der Waals surface area contributed by atoms with Gasteiger partial charge in [0, 0.05) is 24.1 Å². The van der Waals surface area contributed by atoms with Crippen molar-refractivity contribution in [2.45, 2.75) is 26.4 Å². The molecule has 0 spiro atoms. The average Bonchev–Trinajstić information content (AvgIpc) is 2.94. The van der Waals surface area contributed by atoms with Gasteiger partial charge in [0.2, 0.25) is 11.8 Å². The fourth-order valence-corrected chi connectivity index (χ4v) is 1.90. The molecule has 8 nitrogen and oxygen atoms in total. The van der Waals surface area contributed by atoms with Crippen LogP contribution in [0.15, 0.2) is 30.6 Å².